The van der Waals surface area contributed by atoms with Crippen molar-refractivity contribution in [1.82, 2.24) is 4.68 Å². The Morgan fingerprint density at radius 2 is 2.00 bits per heavy atom. The lowest BCUT2D eigenvalue weighted by molar-refractivity contribution is 0.323. The summed E-state index contributed by atoms with van der Waals surface area (Å²) < 4.78 is 1.55. The lowest BCUT2D eigenvalue weighted by atomic mass is 10.3. The van der Waals surface area contributed by atoms with Gasteiger partial charge in [-0.15, -0.1) is 0 Å². The number of benzene rings is 1. The van der Waals surface area contributed by atoms with E-state index in [-0.39, 0.29) is 0 Å². The highest BCUT2D eigenvalue weighted by Gasteiger charge is 1.95. The Kier molecular flexibility index (Phi) is 1.30. The largest absolute Gasteiger partial charge is 0.275 e. The molecule has 0 saturated carbocycles. The molecule has 0 radical (unpaired) electrons. The molecule has 11 heavy (non-hydrogen) atoms. The summed E-state index contributed by atoms with van der Waals surface area (Å²) in [4.78, 5) is 0. The van der Waals surface area contributed by atoms with E-state index in [1.54, 1.807) is 10.9 Å². The van der Waals surface area contributed by atoms with Crippen LogP contribution in [0.2, 0.25) is 0 Å². The molecule has 3 heteroatoms. The van der Waals surface area contributed by atoms with E-state index in [1.807, 2.05) is 30.3 Å². The maximum absolute atomic E-state index is 8.64. The molecular weight excluding hydrogens is 140 g/mol. The molecule has 56 valence electrons. The highest BCUT2D eigenvalue weighted by molar-refractivity contribution is 5.80. The van der Waals surface area contributed by atoms with Crippen LogP contribution in [0.1, 0.15) is 0 Å². The number of aromatic nitrogens is 1. The molecule has 2 N–H and O–H groups in total. The molecule has 1 aromatic heterocycles. The normalized spacial score (nSPS) is 10.3. The van der Waals surface area contributed by atoms with Gasteiger partial charge in [-0.25, -0.2) is 10.3 Å². The molecule has 0 bridgehead atoms. The van der Waals surface area contributed by atoms with E-state index in [9.17, 15) is 0 Å². The highest BCUT2D eigenvalue weighted by atomic mass is 16.5. The quantitative estimate of drug-likeness (QED) is 0.602. The fourth-order valence-electron chi connectivity index (χ4n) is 1.17. The van der Waals surface area contributed by atoms with Gasteiger partial charge >= 0.3 is 0 Å². The van der Waals surface area contributed by atoms with Gasteiger partial charge in [0.1, 0.15) is 0 Å². The Hall–Kier alpha value is -1.48. The van der Waals surface area contributed by atoms with Crippen molar-refractivity contribution < 1.29 is 5.21 Å². The summed E-state index contributed by atoms with van der Waals surface area (Å²) in [6, 6.07) is 9.74. The van der Waals surface area contributed by atoms with Crippen molar-refractivity contribution in [1.29, 1.82) is 0 Å². The van der Waals surface area contributed by atoms with Crippen molar-refractivity contribution in [2.24, 2.45) is 0 Å². The molecule has 1 heterocycles. The minimum absolute atomic E-state index is 0.968. The van der Waals surface area contributed by atoms with Crippen molar-refractivity contribution in [3.63, 3.8) is 0 Å². The van der Waals surface area contributed by atoms with Crippen LogP contribution in [0.5, 0.6) is 0 Å². The summed E-state index contributed by atoms with van der Waals surface area (Å²) in [6.45, 7) is 0. The summed E-state index contributed by atoms with van der Waals surface area (Å²) in [7, 11) is 0. The van der Waals surface area contributed by atoms with E-state index >= 15 is 0 Å². The maximum atomic E-state index is 8.64. The molecule has 0 atom stereocenters. The zero-order chi connectivity index (χ0) is 7.68. The smallest absolute Gasteiger partial charge is 0.0715 e. The fraction of sp³-hybridized carbons (Fsp3) is 0. The third kappa shape index (κ3) is 0.860. The van der Waals surface area contributed by atoms with Gasteiger partial charge < -0.3 is 0 Å². The van der Waals surface area contributed by atoms with Crippen molar-refractivity contribution in [2.75, 3.05) is 5.59 Å². The summed E-state index contributed by atoms with van der Waals surface area (Å²) >= 11 is 0. The Bertz CT molecular complexity index is 367. The number of rotatable bonds is 1. The first-order valence-electron chi connectivity index (χ1n) is 3.38. The fourth-order valence-corrected chi connectivity index (χ4v) is 1.17. The number of nitrogens with zero attached hydrogens (tertiary/aromatic N) is 1. The molecular formula is C8H8N2O. The zero-order valence-electron chi connectivity index (χ0n) is 5.86. The van der Waals surface area contributed by atoms with E-state index in [4.69, 9.17) is 5.21 Å². The van der Waals surface area contributed by atoms with E-state index in [1.165, 1.54) is 0 Å². The maximum Gasteiger partial charge on any atom is 0.0715 e. The third-order valence-electron chi connectivity index (χ3n) is 1.71. The third-order valence-corrected chi connectivity index (χ3v) is 1.71. The average molecular weight is 148 g/mol. The Balaban J connectivity index is 2.76. The molecule has 3 nitrogen and oxygen atoms in total. The average Bonchev–Trinajstić information content (AvgIpc) is 2.47. The lowest BCUT2D eigenvalue weighted by Crippen LogP contribution is -2.06. The van der Waals surface area contributed by atoms with Gasteiger partial charge in [-0.1, -0.05) is 18.2 Å². The summed E-state index contributed by atoms with van der Waals surface area (Å²) in [5.41, 5.74) is 3.03. The zero-order valence-corrected chi connectivity index (χ0v) is 5.86. The van der Waals surface area contributed by atoms with Gasteiger partial charge in [0.25, 0.3) is 0 Å². The lowest BCUT2D eigenvalue weighted by Gasteiger charge is -1.99. The van der Waals surface area contributed by atoms with Gasteiger partial charge in [0.15, 0.2) is 0 Å². The van der Waals surface area contributed by atoms with Crippen molar-refractivity contribution in [2.45, 2.75) is 0 Å². The molecule has 0 aliphatic heterocycles. The number of hydrogen-bond acceptors (Lipinski definition) is 2. The second-order valence-corrected chi connectivity index (χ2v) is 2.34. The number of fused-ring (bicyclic) bond motifs is 1. The molecule has 0 unspecified atom stereocenters. The van der Waals surface area contributed by atoms with Gasteiger partial charge in [-0.05, 0) is 12.1 Å². The van der Waals surface area contributed by atoms with Crippen molar-refractivity contribution in [3.05, 3.63) is 36.5 Å². The van der Waals surface area contributed by atoms with Crippen LogP contribution in [-0.2, 0) is 0 Å². The van der Waals surface area contributed by atoms with Crippen molar-refractivity contribution in [3.8, 4) is 0 Å². The Morgan fingerprint density at radius 3 is 2.82 bits per heavy atom. The first-order chi connectivity index (χ1) is 5.42. The molecule has 0 spiro atoms. The number of para-hydroxylation sites is 1. The van der Waals surface area contributed by atoms with Gasteiger partial charge in [-0.3, -0.25) is 5.21 Å². The first kappa shape index (κ1) is 6.24. The summed E-state index contributed by atoms with van der Waals surface area (Å²) in [5.74, 6) is 0. The van der Waals surface area contributed by atoms with Crippen LogP contribution in [0.4, 0.5) is 0 Å². The minimum Gasteiger partial charge on any atom is -0.275 e. The second kappa shape index (κ2) is 2.29. The number of hydrogen-bond donors (Lipinski definition) is 2. The predicted octanol–water partition coefficient (Wildman–Crippen LogP) is 1.57. The number of nitrogens with one attached hydrogen (secondary N) is 1. The van der Waals surface area contributed by atoms with E-state index in [0.29, 0.717) is 0 Å². The molecule has 0 aliphatic carbocycles. The van der Waals surface area contributed by atoms with Gasteiger partial charge in [0.2, 0.25) is 0 Å². The highest BCUT2D eigenvalue weighted by Crippen LogP contribution is 2.12. The van der Waals surface area contributed by atoms with Crippen molar-refractivity contribution >= 4 is 10.9 Å². The van der Waals surface area contributed by atoms with E-state index in [2.05, 4.69) is 5.59 Å². The molecule has 2 aromatic rings. The van der Waals surface area contributed by atoms with Gasteiger partial charge in [0.05, 0.1) is 5.52 Å². The summed E-state index contributed by atoms with van der Waals surface area (Å²) in [6.07, 6.45) is 1.77. The second-order valence-electron chi connectivity index (χ2n) is 2.34. The molecule has 0 amide bonds. The monoisotopic (exact) mass is 148 g/mol. The topological polar surface area (TPSA) is 37.2 Å². The first-order valence-corrected chi connectivity index (χ1v) is 3.38. The van der Waals surface area contributed by atoms with Crippen LogP contribution in [0.25, 0.3) is 10.9 Å². The predicted molar refractivity (Wildman–Crippen MR) is 43.1 cm³/mol. The van der Waals surface area contributed by atoms with Crippen LogP contribution < -0.4 is 5.59 Å². The standard InChI is InChI=1S/C8H8N2O/c11-9-10-6-5-7-3-1-2-4-8(7)10/h1-6,9,11H. The van der Waals surface area contributed by atoms with E-state index < -0.39 is 0 Å². The molecule has 1 aromatic carbocycles. The van der Waals surface area contributed by atoms with Gasteiger partial charge in [-0.2, -0.15) is 0 Å². The van der Waals surface area contributed by atoms with Crippen LogP contribution in [0, 0.1) is 0 Å². The molecule has 0 fully saturated rings. The minimum atomic E-state index is 0.968. The van der Waals surface area contributed by atoms with Crippen LogP contribution in [0.3, 0.4) is 0 Å². The van der Waals surface area contributed by atoms with E-state index in [0.717, 1.165) is 10.9 Å². The van der Waals surface area contributed by atoms with Crippen LogP contribution >= 0.6 is 0 Å². The Labute approximate surface area is 63.8 Å². The SMILES string of the molecule is ONn1ccc2ccccc21. The molecule has 2 rings (SSSR count). The van der Waals surface area contributed by atoms with Crippen LogP contribution in [0.15, 0.2) is 36.5 Å². The van der Waals surface area contributed by atoms with Crippen LogP contribution in [-0.4, -0.2) is 9.88 Å². The Morgan fingerprint density at radius 1 is 1.18 bits per heavy atom. The van der Waals surface area contributed by atoms with Gasteiger partial charge in [0, 0.05) is 11.6 Å². The molecule has 0 aliphatic rings. The summed E-state index contributed by atoms with van der Waals surface area (Å²) in [5, 5.41) is 9.74. The molecule has 0 saturated heterocycles.